The van der Waals surface area contributed by atoms with Crippen molar-refractivity contribution in [1.29, 1.82) is 0 Å². The Balaban J connectivity index is 1.84. The molecule has 2 aromatic rings. The Bertz CT molecular complexity index is 715. The zero-order chi connectivity index (χ0) is 15.7. The van der Waals surface area contributed by atoms with E-state index in [-0.39, 0.29) is 5.91 Å². The highest BCUT2D eigenvalue weighted by Gasteiger charge is 2.24. The lowest BCUT2D eigenvalue weighted by atomic mass is 10.1. The van der Waals surface area contributed by atoms with Crippen LogP contribution < -0.4 is 4.90 Å². The largest absolute Gasteiger partial charge is 0.361 e. The maximum atomic E-state index is 12.6. The molecule has 3 rings (SSSR count). The molecule has 0 saturated carbocycles. The van der Waals surface area contributed by atoms with Gasteiger partial charge in [-0.2, -0.15) is 5.10 Å². The van der Waals surface area contributed by atoms with Gasteiger partial charge in [0.2, 0.25) is 0 Å². The third kappa shape index (κ3) is 2.74. The number of hydrogen-bond donors (Lipinski definition) is 0. The van der Waals surface area contributed by atoms with E-state index in [1.165, 1.54) is 0 Å². The second kappa shape index (κ2) is 5.67. The molecular formula is C15H18N6O. The van der Waals surface area contributed by atoms with Crippen molar-refractivity contribution < 1.29 is 4.79 Å². The Morgan fingerprint density at radius 2 is 2.14 bits per heavy atom. The molecule has 0 radical (unpaired) electrons. The van der Waals surface area contributed by atoms with Gasteiger partial charge in [-0.1, -0.05) is 0 Å². The van der Waals surface area contributed by atoms with Crippen molar-refractivity contribution in [2.45, 2.75) is 19.9 Å². The first-order valence-electron chi connectivity index (χ1n) is 7.16. The van der Waals surface area contributed by atoms with Crippen LogP contribution in [0.25, 0.3) is 0 Å². The Morgan fingerprint density at radius 3 is 2.86 bits per heavy atom. The van der Waals surface area contributed by atoms with Crippen molar-refractivity contribution in [1.82, 2.24) is 25.1 Å². The number of carbonyl (C=O) groups is 1. The normalized spacial score (nSPS) is 13.7. The van der Waals surface area contributed by atoms with E-state index in [9.17, 15) is 4.79 Å². The summed E-state index contributed by atoms with van der Waals surface area (Å²) in [5, 5.41) is 8.45. The zero-order valence-electron chi connectivity index (χ0n) is 12.9. The fraction of sp³-hybridized carbons (Fsp3) is 0.400. The second-order valence-electron chi connectivity index (χ2n) is 5.53. The number of amides is 1. The van der Waals surface area contributed by atoms with E-state index >= 15 is 0 Å². The predicted molar refractivity (Wildman–Crippen MR) is 81.6 cm³/mol. The third-order valence-electron chi connectivity index (χ3n) is 3.67. The molecule has 22 heavy (non-hydrogen) atoms. The van der Waals surface area contributed by atoms with Gasteiger partial charge < -0.3 is 9.80 Å². The fourth-order valence-electron chi connectivity index (χ4n) is 2.45. The van der Waals surface area contributed by atoms with Gasteiger partial charge in [0.1, 0.15) is 11.5 Å². The third-order valence-corrected chi connectivity index (χ3v) is 3.67. The Hall–Kier alpha value is -2.57. The van der Waals surface area contributed by atoms with Crippen LogP contribution in [0.2, 0.25) is 0 Å². The predicted octanol–water partition coefficient (Wildman–Crippen LogP) is 0.840. The lowest BCUT2D eigenvalue weighted by Gasteiger charge is -2.28. The summed E-state index contributed by atoms with van der Waals surface area (Å²) in [5.74, 6) is 1.33. The number of anilines is 1. The van der Waals surface area contributed by atoms with Crippen LogP contribution in [0.1, 0.15) is 27.6 Å². The molecule has 0 spiro atoms. The molecule has 7 heteroatoms. The van der Waals surface area contributed by atoms with E-state index < -0.39 is 0 Å². The molecule has 114 valence electrons. The van der Waals surface area contributed by atoms with Gasteiger partial charge in [0.05, 0.1) is 5.69 Å². The van der Waals surface area contributed by atoms with E-state index in [1.807, 2.05) is 25.1 Å². The summed E-state index contributed by atoms with van der Waals surface area (Å²) in [5.41, 5.74) is 2.45. The van der Waals surface area contributed by atoms with Crippen LogP contribution in [0.4, 0.5) is 5.82 Å². The Morgan fingerprint density at radius 1 is 1.32 bits per heavy atom. The molecule has 0 saturated heterocycles. The van der Waals surface area contributed by atoms with Crippen molar-refractivity contribution in [2.75, 3.05) is 25.5 Å². The minimum atomic E-state index is -0.0700. The number of rotatable bonds is 2. The standard InChI is InChI=1S/C15H18N6O/c1-10-16-6-4-13(17-10)15(22)21-7-5-12-11(9-21)8-14(19-18-12)20(2)3/h4,6,8H,5,7,9H2,1-3H3. The molecule has 0 unspecified atom stereocenters. The fourth-order valence-corrected chi connectivity index (χ4v) is 2.45. The highest BCUT2D eigenvalue weighted by molar-refractivity contribution is 5.92. The minimum absolute atomic E-state index is 0.0700. The smallest absolute Gasteiger partial charge is 0.272 e. The summed E-state index contributed by atoms with van der Waals surface area (Å²) in [4.78, 5) is 24.5. The molecule has 3 heterocycles. The van der Waals surface area contributed by atoms with Crippen LogP contribution in [0.3, 0.4) is 0 Å². The topological polar surface area (TPSA) is 75.1 Å². The first-order chi connectivity index (χ1) is 10.5. The van der Waals surface area contributed by atoms with Gasteiger partial charge in [0, 0.05) is 39.8 Å². The summed E-state index contributed by atoms with van der Waals surface area (Å²) >= 11 is 0. The lowest BCUT2D eigenvalue weighted by Crippen LogP contribution is -2.37. The van der Waals surface area contributed by atoms with E-state index in [0.29, 0.717) is 31.0 Å². The summed E-state index contributed by atoms with van der Waals surface area (Å²) in [6, 6.07) is 3.65. The molecule has 0 aromatic carbocycles. The highest BCUT2D eigenvalue weighted by Crippen LogP contribution is 2.21. The van der Waals surface area contributed by atoms with Crippen molar-refractivity contribution in [3.63, 3.8) is 0 Å². The average Bonchev–Trinajstić information content (AvgIpc) is 2.53. The van der Waals surface area contributed by atoms with Crippen LogP contribution in [0, 0.1) is 6.92 Å². The number of aryl methyl sites for hydroxylation is 1. The zero-order valence-corrected chi connectivity index (χ0v) is 12.9. The second-order valence-corrected chi connectivity index (χ2v) is 5.53. The minimum Gasteiger partial charge on any atom is -0.361 e. The molecule has 2 aromatic heterocycles. The Labute approximate surface area is 129 Å². The highest BCUT2D eigenvalue weighted by atomic mass is 16.2. The van der Waals surface area contributed by atoms with Gasteiger partial charge in [-0.3, -0.25) is 4.79 Å². The summed E-state index contributed by atoms with van der Waals surface area (Å²) in [6.45, 7) is 2.94. The first-order valence-corrected chi connectivity index (χ1v) is 7.16. The number of hydrogen-bond acceptors (Lipinski definition) is 6. The number of nitrogens with zero attached hydrogens (tertiary/aromatic N) is 6. The Kier molecular flexibility index (Phi) is 3.70. The molecule has 1 aliphatic rings. The van der Waals surface area contributed by atoms with E-state index in [4.69, 9.17) is 0 Å². The monoisotopic (exact) mass is 298 g/mol. The van der Waals surface area contributed by atoms with Crippen molar-refractivity contribution in [3.05, 3.63) is 41.1 Å². The van der Waals surface area contributed by atoms with Gasteiger partial charge >= 0.3 is 0 Å². The maximum absolute atomic E-state index is 12.6. The van der Waals surface area contributed by atoms with Crippen LogP contribution in [-0.4, -0.2) is 51.6 Å². The number of fused-ring (bicyclic) bond motifs is 1. The number of aromatic nitrogens is 4. The molecule has 0 bridgehead atoms. The summed E-state index contributed by atoms with van der Waals surface area (Å²) in [6.07, 6.45) is 2.33. The number of carbonyl (C=O) groups excluding carboxylic acids is 1. The van der Waals surface area contributed by atoms with E-state index in [0.717, 1.165) is 17.1 Å². The lowest BCUT2D eigenvalue weighted by molar-refractivity contribution is 0.0726. The molecule has 0 atom stereocenters. The SMILES string of the molecule is Cc1nccc(C(=O)N2CCc3nnc(N(C)C)cc3C2)n1. The van der Waals surface area contributed by atoms with Crippen LogP contribution in [0.5, 0.6) is 0 Å². The molecular weight excluding hydrogens is 280 g/mol. The molecule has 0 N–H and O–H groups in total. The molecule has 1 amide bonds. The molecule has 1 aliphatic heterocycles. The van der Waals surface area contributed by atoms with Crippen LogP contribution >= 0.6 is 0 Å². The summed E-state index contributed by atoms with van der Waals surface area (Å²) < 4.78 is 0. The van der Waals surface area contributed by atoms with Crippen LogP contribution in [-0.2, 0) is 13.0 Å². The van der Waals surface area contributed by atoms with E-state index in [2.05, 4.69) is 20.2 Å². The van der Waals surface area contributed by atoms with Gasteiger partial charge in [0.15, 0.2) is 5.82 Å². The quantitative estimate of drug-likeness (QED) is 0.818. The maximum Gasteiger partial charge on any atom is 0.272 e. The van der Waals surface area contributed by atoms with Crippen molar-refractivity contribution in [2.24, 2.45) is 0 Å². The molecule has 0 fully saturated rings. The van der Waals surface area contributed by atoms with Crippen LogP contribution in [0.15, 0.2) is 18.3 Å². The first kappa shape index (κ1) is 14.4. The van der Waals surface area contributed by atoms with E-state index in [1.54, 1.807) is 24.1 Å². The van der Waals surface area contributed by atoms with Gasteiger partial charge in [-0.15, -0.1) is 5.10 Å². The molecule has 0 aliphatic carbocycles. The molecule has 7 nitrogen and oxygen atoms in total. The van der Waals surface area contributed by atoms with Crippen molar-refractivity contribution in [3.8, 4) is 0 Å². The van der Waals surface area contributed by atoms with Gasteiger partial charge in [0.25, 0.3) is 5.91 Å². The van der Waals surface area contributed by atoms with Crippen molar-refractivity contribution >= 4 is 11.7 Å². The summed E-state index contributed by atoms with van der Waals surface area (Å²) in [7, 11) is 3.84. The van der Waals surface area contributed by atoms with Gasteiger partial charge in [-0.25, -0.2) is 9.97 Å². The van der Waals surface area contributed by atoms with Gasteiger partial charge in [-0.05, 0) is 24.6 Å². The average molecular weight is 298 g/mol.